The molecule has 1 aromatic rings. The first-order valence-electron chi connectivity index (χ1n) is 6.43. The number of nitrogens with one attached hydrogen (secondary N) is 2. The van der Waals surface area contributed by atoms with Crippen molar-refractivity contribution in [3.05, 3.63) is 22.4 Å². The summed E-state index contributed by atoms with van der Waals surface area (Å²) >= 11 is 1.74. The van der Waals surface area contributed by atoms with E-state index in [1.165, 1.54) is 4.88 Å². The van der Waals surface area contributed by atoms with E-state index in [-0.39, 0.29) is 17.5 Å². The molecule has 0 saturated carbocycles. The summed E-state index contributed by atoms with van der Waals surface area (Å²) in [6.45, 7) is 9.08. The predicted molar refractivity (Wildman–Crippen MR) is 78.0 cm³/mol. The molecule has 0 aromatic carbocycles. The maximum atomic E-state index is 11.7. The average Bonchev–Trinajstić information content (AvgIpc) is 2.67. The largest absolute Gasteiger partial charge is 0.353 e. The smallest absolute Gasteiger partial charge is 0.221 e. The molecule has 1 unspecified atom stereocenters. The van der Waals surface area contributed by atoms with Gasteiger partial charge in [-0.1, -0.05) is 6.07 Å². The lowest BCUT2D eigenvalue weighted by Gasteiger charge is -2.20. The summed E-state index contributed by atoms with van der Waals surface area (Å²) in [6, 6.07) is 4.35. The second kappa shape index (κ2) is 6.90. The van der Waals surface area contributed by atoms with Crippen LogP contribution in [0.15, 0.2) is 17.5 Å². The Morgan fingerprint density at radius 1 is 1.44 bits per heavy atom. The first-order chi connectivity index (χ1) is 8.37. The van der Waals surface area contributed by atoms with E-state index in [2.05, 4.69) is 49.8 Å². The molecule has 0 radical (unpaired) electrons. The Morgan fingerprint density at radius 3 is 2.72 bits per heavy atom. The number of amides is 1. The molecule has 1 atom stereocenters. The van der Waals surface area contributed by atoms with E-state index in [1.54, 1.807) is 11.3 Å². The van der Waals surface area contributed by atoms with Crippen LogP contribution in [0.25, 0.3) is 0 Å². The molecule has 1 aromatic heterocycles. The number of carbonyl (C=O) groups excluding carboxylic acids is 1. The summed E-state index contributed by atoms with van der Waals surface area (Å²) in [5.74, 6) is 0.121. The van der Waals surface area contributed by atoms with Gasteiger partial charge in [0.2, 0.25) is 5.91 Å². The summed E-state index contributed by atoms with van der Waals surface area (Å²) in [5, 5.41) is 8.41. The molecule has 3 nitrogen and oxygen atoms in total. The minimum atomic E-state index is 0.0723. The number of hydrogen-bond donors (Lipinski definition) is 2. The van der Waals surface area contributed by atoms with E-state index in [4.69, 9.17) is 0 Å². The van der Waals surface area contributed by atoms with E-state index >= 15 is 0 Å². The van der Waals surface area contributed by atoms with Gasteiger partial charge in [-0.15, -0.1) is 11.3 Å². The van der Waals surface area contributed by atoms with Gasteiger partial charge < -0.3 is 10.6 Å². The molecule has 0 fully saturated rings. The van der Waals surface area contributed by atoms with Gasteiger partial charge in [0.15, 0.2) is 0 Å². The molecule has 0 bridgehead atoms. The third-order valence-corrected chi connectivity index (χ3v) is 3.40. The SMILES string of the molecule is CC(Cc1cccs1)NC(=O)CCNC(C)(C)C. The average molecular weight is 268 g/mol. The standard InChI is InChI=1S/C14H24N2OS/c1-11(10-12-6-5-9-18-12)16-13(17)7-8-15-14(2,3)4/h5-6,9,11,15H,7-8,10H2,1-4H3,(H,16,17). The third-order valence-electron chi connectivity index (χ3n) is 2.50. The Kier molecular flexibility index (Phi) is 5.82. The van der Waals surface area contributed by atoms with Crippen LogP contribution in [-0.4, -0.2) is 24.0 Å². The summed E-state index contributed by atoms with van der Waals surface area (Å²) in [4.78, 5) is 13.0. The second-order valence-electron chi connectivity index (χ2n) is 5.68. The molecule has 4 heteroatoms. The van der Waals surface area contributed by atoms with Crippen molar-refractivity contribution < 1.29 is 4.79 Å². The van der Waals surface area contributed by atoms with Gasteiger partial charge in [-0.05, 0) is 39.1 Å². The molecule has 0 aliphatic carbocycles. The highest BCUT2D eigenvalue weighted by Gasteiger charge is 2.11. The minimum absolute atomic E-state index is 0.0723. The van der Waals surface area contributed by atoms with Crippen molar-refractivity contribution in [2.45, 2.75) is 52.1 Å². The first kappa shape index (κ1) is 15.2. The van der Waals surface area contributed by atoms with E-state index in [1.807, 2.05) is 6.07 Å². The second-order valence-corrected chi connectivity index (χ2v) is 6.71. The van der Waals surface area contributed by atoms with Gasteiger partial charge in [0, 0.05) is 35.8 Å². The Morgan fingerprint density at radius 2 is 2.17 bits per heavy atom. The van der Waals surface area contributed by atoms with Crippen molar-refractivity contribution in [1.82, 2.24) is 10.6 Å². The zero-order valence-corrected chi connectivity index (χ0v) is 12.6. The topological polar surface area (TPSA) is 41.1 Å². The molecule has 1 amide bonds. The number of hydrogen-bond acceptors (Lipinski definition) is 3. The quantitative estimate of drug-likeness (QED) is 0.832. The number of rotatable bonds is 6. The van der Waals surface area contributed by atoms with Crippen LogP contribution in [0, 0.1) is 0 Å². The van der Waals surface area contributed by atoms with Gasteiger partial charge in [-0.2, -0.15) is 0 Å². The Bertz CT molecular complexity index is 354. The van der Waals surface area contributed by atoms with E-state index in [0.29, 0.717) is 6.42 Å². The Hall–Kier alpha value is -0.870. The molecular weight excluding hydrogens is 244 g/mol. The predicted octanol–water partition coefficient (Wildman–Crippen LogP) is 2.57. The zero-order chi connectivity index (χ0) is 13.6. The fraction of sp³-hybridized carbons (Fsp3) is 0.643. The molecule has 0 saturated heterocycles. The van der Waals surface area contributed by atoms with Gasteiger partial charge in [0.05, 0.1) is 0 Å². The van der Waals surface area contributed by atoms with Crippen LogP contribution in [0.1, 0.15) is 39.0 Å². The Balaban J connectivity index is 2.19. The van der Waals surface area contributed by atoms with Gasteiger partial charge >= 0.3 is 0 Å². The minimum Gasteiger partial charge on any atom is -0.353 e. The van der Waals surface area contributed by atoms with Crippen molar-refractivity contribution in [2.24, 2.45) is 0 Å². The van der Waals surface area contributed by atoms with E-state index in [0.717, 1.165) is 13.0 Å². The van der Waals surface area contributed by atoms with Crippen LogP contribution < -0.4 is 10.6 Å². The van der Waals surface area contributed by atoms with Crippen LogP contribution >= 0.6 is 11.3 Å². The number of carbonyl (C=O) groups is 1. The zero-order valence-electron chi connectivity index (χ0n) is 11.7. The lowest BCUT2D eigenvalue weighted by Crippen LogP contribution is -2.40. The third kappa shape index (κ3) is 6.77. The van der Waals surface area contributed by atoms with Gasteiger partial charge in [0.1, 0.15) is 0 Å². The van der Waals surface area contributed by atoms with Crippen LogP contribution in [0.5, 0.6) is 0 Å². The normalized spacial score (nSPS) is 13.3. The summed E-state index contributed by atoms with van der Waals surface area (Å²) in [5.41, 5.74) is 0.0723. The van der Waals surface area contributed by atoms with Crippen molar-refractivity contribution >= 4 is 17.2 Å². The van der Waals surface area contributed by atoms with Gasteiger partial charge in [0.25, 0.3) is 0 Å². The lowest BCUT2D eigenvalue weighted by molar-refractivity contribution is -0.121. The molecule has 0 spiro atoms. The molecule has 1 rings (SSSR count). The summed E-state index contributed by atoms with van der Waals surface area (Å²) < 4.78 is 0. The van der Waals surface area contributed by atoms with Gasteiger partial charge in [-0.25, -0.2) is 0 Å². The number of thiophene rings is 1. The molecule has 0 aliphatic rings. The summed E-state index contributed by atoms with van der Waals surface area (Å²) in [6.07, 6.45) is 1.45. The van der Waals surface area contributed by atoms with Crippen molar-refractivity contribution in [3.63, 3.8) is 0 Å². The molecule has 18 heavy (non-hydrogen) atoms. The fourth-order valence-corrected chi connectivity index (χ4v) is 2.51. The van der Waals surface area contributed by atoms with Crippen LogP contribution in [0.3, 0.4) is 0 Å². The summed E-state index contributed by atoms with van der Waals surface area (Å²) in [7, 11) is 0. The highest BCUT2D eigenvalue weighted by atomic mass is 32.1. The fourth-order valence-electron chi connectivity index (χ4n) is 1.68. The molecule has 2 N–H and O–H groups in total. The van der Waals surface area contributed by atoms with Gasteiger partial charge in [-0.3, -0.25) is 4.79 Å². The Labute approximate surface area is 114 Å². The highest BCUT2D eigenvalue weighted by Crippen LogP contribution is 2.10. The van der Waals surface area contributed by atoms with Crippen LogP contribution in [0.2, 0.25) is 0 Å². The molecule has 102 valence electrons. The first-order valence-corrected chi connectivity index (χ1v) is 7.31. The van der Waals surface area contributed by atoms with Crippen LogP contribution in [0.4, 0.5) is 0 Å². The monoisotopic (exact) mass is 268 g/mol. The van der Waals surface area contributed by atoms with Crippen molar-refractivity contribution in [2.75, 3.05) is 6.54 Å². The highest BCUT2D eigenvalue weighted by molar-refractivity contribution is 7.09. The van der Waals surface area contributed by atoms with E-state index < -0.39 is 0 Å². The molecular formula is C14H24N2OS. The maximum absolute atomic E-state index is 11.7. The van der Waals surface area contributed by atoms with Crippen LogP contribution in [-0.2, 0) is 11.2 Å². The maximum Gasteiger partial charge on any atom is 0.221 e. The van der Waals surface area contributed by atoms with E-state index in [9.17, 15) is 4.79 Å². The van der Waals surface area contributed by atoms with Crippen molar-refractivity contribution in [1.29, 1.82) is 0 Å². The van der Waals surface area contributed by atoms with Crippen molar-refractivity contribution in [3.8, 4) is 0 Å². The molecule has 1 heterocycles. The lowest BCUT2D eigenvalue weighted by atomic mass is 10.1. The molecule has 0 aliphatic heterocycles.